The van der Waals surface area contributed by atoms with Crippen LogP contribution in [0.1, 0.15) is 10.5 Å². The van der Waals surface area contributed by atoms with Crippen LogP contribution in [0.25, 0.3) is 5.65 Å². The summed E-state index contributed by atoms with van der Waals surface area (Å²) in [5.74, 6) is -0.211. The predicted octanol–water partition coefficient (Wildman–Crippen LogP) is 1.98. The highest BCUT2D eigenvalue weighted by molar-refractivity contribution is 6.03. The number of carbonyl (C=O) groups excluding carboxylic acids is 1. The molecule has 3 aromatic rings. The van der Waals surface area contributed by atoms with Crippen LogP contribution in [-0.4, -0.2) is 20.5 Å². The molecule has 3 rings (SSSR count). The van der Waals surface area contributed by atoms with Crippen LogP contribution in [0, 0.1) is 0 Å². The van der Waals surface area contributed by atoms with Gasteiger partial charge in [0.2, 0.25) is 0 Å². The fourth-order valence-corrected chi connectivity index (χ4v) is 1.72. The van der Waals surface area contributed by atoms with Gasteiger partial charge in [-0.2, -0.15) is 5.10 Å². The molecule has 2 aromatic heterocycles. The van der Waals surface area contributed by atoms with Gasteiger partial charge in [0.05, 0.1) is 6.20 Å². The summed E-state index contributed by atoms with van der Waals surface area (Å²) in [4.78, 5) is 16.2. The molecular formula is C13H10N4O. The van der Waals surface area contributed by atoms with Crippen LogP contribution in [0.2, 0.25) is 0 Å². The second-order valence-corrected chi connectivity index (χ2v) is 3.75. The van der Waals surface area contributed by atoms with E-state index < -0.39 is 0 Å². The molecule has 0 aliphatic heterocycles. The lowest BCUT2D eigenvalue weighted by atomic mass is 10.3. The second kappa shape index (κ2) is 4.29. The normalized spacial score (nSPS) is 10.4. The van der Waals surface area contributed by atoms with Crippen molar-refractivity contribution in [1.82, 2.24) is 14.6 Å². The first-order chi connectivity index (χ1) is 8.84. The van der Waals surface area contributed by atoms with E-state index in [0.29, 0.717) is 11.3 Å². The summed E-state index contributed by atoms with van der Waals surface area (Å²) in [5, 5.41) is 6.89. The molecule has 0 fully saturated rings. The third-order valence-corrected chi connectivity index (χ3v) is 2.55. The first-order valence-corrected chi connectivity index (χ1v) is 5.50. The van der Waals surface area contributed by atoms with Crippen molar-refractivity contribution in [3.05, 3.63) is 60.6 Å². The van der Waals surface area contributed by atoms with Gasteiger partial charge in [0.25, 0.3) is 5.91 Å². The van der Waals surface area contributed by atoms with Gasteiger partial charge in [-0.05, 0) is 18.2 Å². The van der Waals surface area contributed by atoms with E-state index >= 15 is 0 Å². The summed E-state index contributed by atoms with van der Waals surface area (Å²) in [5.41, 5.74) is 1.85. The molecule has 0 saturated carbocycles. The molecule has 1 N–H and O–H groups in total. The Kier molecular flexibility index (Phi) is 2.49. The average Bonchev–Trinajstić information content (AvgIpc) is 2.87. The van der Waals surface area contributed by atoms with E-state index in [0.717, 1.165) is 5.69 Å². The highest BCUT2D eigenvalue weighted by Crippen LogP contribution is 2.09. The number of nitrogens with zero attached hydrogens (tertiary/aromatic N) is 3. The van der Waals surface area contributed by atoms with E-state index in [1.54, 1.807) is 24.5 Å². The van der Waals surface area contributed by atoms with Crippen molar-refractivity contribution in [2.24, 2.45) is 0 Å². The molecule has 0 saturated heterocycles. The van der Waals surface area contributed by atoms with Crippen molar-refractivity contribution in [3.63, 3.8) is 0 Å². The molecule has 1 aromatic carbocycles. The number of hydrogen-bond donors (Lipinski definition) is 1. The molecule has 0 aliphatic carbocycles. The molecule has 0 spiro atoms. The fraction of sp³-hybridized carbons (Fsp3) is 0. The standard InChI is InChI=1S/C13H10N4O/c18-13(16-10-4-2-1-3-5-10)11-6-8-14-12-7-9-15-17(11)12/h1-9H,(H,16,18). The van der Waals surface area contributed by atoms with Crippen LogP contribution >= 0.6 is 0 Å². The van der Waals surface area contributed by atoms with E-state index in [2.05, 4.69) is 15.4 Å². The maximum Gasteiger partial charge on any atom is 0.274 e. The van der Waals surface area contributed by atoms with Crippen molar-refractivity contribution < 1.29 is 4.79 Å². The molecular weight excluding hydrogens is 228 g/mol. The van der Waals surface area contributed by atoms with E-state index in [9.17, 15) is 4.79 Å². The highest BCUT2D eigenvalue weighted by Gasteiger charge is 2.10. The number of para-hydroxylation sites is 1. The van der Waals surface area contributed by atoms with Gasteiger partial charge in [0, 0.05) is 18.0 Å². The minimum Gasteiger partial charge on any atom is -0.321 e. The van der Waals surface area contributed by atoms with Gasteiger partial charge in [0.15, 0.2) is 5.65 Å². The van der Waals surface area contributed by atoms with E-state index in [4.69, 9.17) is 0 Å². The van der Waals surface area contributed by atoms with Crippen molar-refractivity contribution in [1.29, 1.82) is 0 Å². The lowest BCUT2D eigenvalue weighted by Crippen LogP contribution is -2.16. The number of carbonyl (C=O) groups is 1. The van der Waals surface area contributed by atoms with Crippen LogP contribution in [0.4, 0.5) is 5.69 Å². The number of amides is 1. The number of nitrogens with one attached hydrogen (secondary N) is 1. The number of anilines is 1. The van der Waals surface area contributed by atoms with Crippen LogP contribution in [0.5, 0.6) is 0 Å². The van der Waals surface area contributed by atoms with Crippen molar-refractivity contribution in [2.75, 3.05) is 5.32 Å². The first kappa shape index (κ1) is 10.5. The van der Waals surface area contributed by atoms with E-state index in [1.807, 2.05) is 30.3 Å². The average molecular weight is 238 g/mol. The molecule has 5 nitrogen and oxygen atoms in total. The monoisotopic (exact) mass is 238 g/mol. The molecule has 88 valence electrons. The second-order valence-electron chi connectivity index (χ2n) is 3.75. The maximum absolute atomic E-state index is 12.1. The van der Waals surface area contributed by atoms with E-state index in [-0.39, 0.29) is 5.91 Å². The Morgan fingerprint density at radius 1 is 1.06 bits per heavy atom. The van der Waals surface area contributed by atoms with Crippen LogP contribution in [-0.2, 0) is 0 Å². The summed E-state index contributed by atoms with van der Waals surface area (Å²) in [6.07, 6.45) is 3.21. The Hall–Kier alpha value is -2.69. The quantitative estimate of drug-likeness (QED) is 0.742. The minimum atomic E-state index is -0.211. The number of fused-ring (bicyclic) bond motifs is 1. The number of aromatic nitrogens is 3. The lowest BCUT2D eigenvalue weighted by Gasteiger charge is -2.06. The third kappa shape index (κ3) is 1.82. The molecule has 0 aliphatic rings. The Bertz CT molecular complexity index is 690. The zero-order valence-corrected chi connectivity index (χ0v) is 9.45. The van der Waals surface area contributed by atoms with E-state index in [1.165, 1.54) is 4.52 Å². The predicted molar refractivity (Wildman–Crippen MR) is 67.4 cm³/mol. The third-order valence-electron chi connectivity index (χ3n) is 2.55. The summed E-state index contributed by atoms with van der Waals surface area (Å²) in [7, 11) is 0. The topological polar surface area (TPSA) is 59.3 Å². The maximum atomic E-state index is 12.1. The summed E-state index contributed by atoms with van der Waals surface area (Å²) in [6.45, 7) is 0. The minimum absolute atomic E-state index is 0.211. The molecule has 0 radical (unpaired) electrons. The highest BCUT2D eigenvalue weighted by atomic mass is 16.2. The van der Waals surface area contributed by atoms with Gasteiger partial charge < -0.3 is 5.32 Å². The number of hydrogen-bond acceptors (Lipinski definition) is 3. The summed E-state index contributed by atoms with van der Waals surface area (Å²) < 4.78 is 1.51. The molecule has 2 heterocycles. The molecule has 0 atom stereocenters. The largest absolute Gasteiger partial charge is 0.321 e. The fourth-order valence-electron chi connectivity index (χ4n) is 1.72. The Morgan fingerprint density at radius 2 is 1.89 bits per heavy atom. The molecule has 0 bridgehead atoms. The molecule has 5 heteroatoms. The SMILES string of the molecule is O=C(Nc1ccccc1)c1ccnc2ccnn12. The van der Waals surface area contributed by atoms with Gasteiger partial charge >= 0.3 is 0 Å². The zero-order valence-electron chi connectivity index (χ0n) is 9.45. The summed E-state index contributed by atoms with van der Waals surface area (Å²) >= 11 is 0. The van der Waals surface area contributed by atoms with Gasteiger partial charge in [-0.25, -0.2) is 9.50 Å². The van der Waals surface area contributed by atoms with Gasteiger partial charge in [-0.3, -0.25) is 4.79 Å². The number of rotatable bonds is 2. The lowest BCUT2D eigenvalue weighted by molar-refractivity contribution is 0.102. The van der Waals surface area contributed by atoms with Crippen molar-refractivity contribution in [2.45, 2.75) is 0 Å². The zero-order chi connectivity index (χ0) is 12.4. The van der Waals surface area contributed by atoms with Crippen molar-refractivity contribution >= 4 is 17.2 Å². The van der Waals surface area contributed by atoms with Crippen LogP contribution in [0.15, 0.2) is 54.9 Å². The van der Waals surface area contributed by atoms with Gasteiger partial charge in [-0.1, -0.05) is 18.2 Å². The smallest absolute Gasteiger partial charge is 0.274 e. The molecule has 18 heavy (non-hydrogen) atoms. The van der Waals surface area contributed by atoms with Crippen LogP contribution in [0.3, 0.4) is 0 Å². The Balaban J connectivity index is 1.95. The first-order valence-electron chi connectivity index (χ1n) is 5.50. The Labute approximate surface area is 103 Å². The van der Waals surface area contributed by atoms with Crippen molar-refractivity contribution in [3.8, 4) is 0 Å². The molecule has 0 unspecified atom stereocenters. The molecule has 1 amide bonds. The number of benzene rings is 1. The summed E-state index contributed by atoms with van der Waals surface area (Å²) in [6, 6.07) is 12.7. The van der Waals surface area contributed by atoms with Crippen LogP contribution < -0.4 is 5.32 Å². The van der Waals surface area contributed by atoms with Gasteiger partial charge in [0.1, 0.15) is 5.69 Å². The Morgan fingerprint density at radius 3 is 2.72 bits per heavy atom. The van der Waals surface area contributed by atoms with Gasteiger partial charge in [-0.15, -0.1) is 0 Å².